The Morgan fingerprint density at radius 1 is 1.31 bits per heavy atom. The molecule has 0 bridgehead atoms. The lowest BCUT2D eigenvalue weighted by molar-refractivity contribution is 0.254. The van der Waals surface area contributed by atoms with E-state index in [0.717, 1.165) is 59.4 Å². The molecule has 0 saturated heterocycles. The number of nitrogens with zero attached hydrogens (tertiary/aromatic N) is 3. The Morgan fingerprint density at radius 2 is 2.11 bits per heavy atom. The highest BCUT2D eigenvalue weighted by Crippen LogP contribution is 2.30. The van der Waals surface area contributed by atoms with Crippen LogP contribution in [-0.4, -0.2) is 35.1 Å². The number of rotatable bonds is 6. The predicted molar refractivity (Wildman–Crippen MR) is 144 cm³/mol. The topological polar surface area (TPSA) is 93.7 Å². The molecule has 1 aromatic carbocycles. The molecule has 8 heteroatoms. The molecule has 190 valence electrons. The van der Waals surface area contributed by atoms with Crippen molar-refractivity contribution in [1.82, 2.24) is 15.0 Å². The summed E-state index contributed by atoms with van der Waals surface area (Å²) in [6, 6.07) is 9.08. The van der Waals surface area contributed by atoms with Crippen LogP contribution in [-0.2, 0) is 5.41 Å². The van der Waals surface area contributed by atoms with Crippen molar-refractivity contribution in [3.05, 3.63) is 64.9 Å². The molecule has 0 fully saturated rings. The normalized spacial score (nSPS) is 15.5. The van der Waals surface area contributed by atoms with E-state index in [-0.39, 0.29) is 11.4 Å². The Bertz CT molecular complexity index is 1350. The van der Waals surface area contributed by atoms with E-state index >= 15 is 0 Å². The van der Waals surface area contributed by atoms with Gasteiger partial charge < -0.3 is 14.6 Å². The number of hydrogen-bond acceptors (Lipinski definition) is 6. The molecule has 0 atom stereocenters. The Kier molecular flexibility index (Phi) is 7.45. The summed E-state index contributed by atoms with van der Waals surface area (Å²) in [7, 11) is 0. The predicted octanol–water partition coefficient (Wildman–Crippen LogP) is 6.41. The molecule has 0 spiro atoms. The fourth-order valence-electron chi connectivity index (χ4n) is 4.09. The third-order valence-corrected chi connectivity index (χ3v) is 6.25. The van der Waals surface area contributed by atoms with E-state index in [1.165, 1.54) is 0 Å². The van der Waals surface area contributed by atoms with Crippen molar-refractivity contribution in [3.63, 3.8) is 0 Å². The minimum Gasteiger partial charge on any atom is -0.457 e. The second-order valence-corrected chi connectivity index (χ2v) is 9.97. The van der Waals surface area contributed by atoms with E-state index in [9.17, 15) is 4.79 Å². The largest absolute Gasteiger partial charge is 0.457 e. The van der Waals surface area contributed by atoms with Crippen LogP contribution < -0.4 is 15.4 Å². The molecule has 0 unspecified atom stereocenters. The van der Waals surface area contributed by atoms with Crippen LogP contribution in [0.4, 0.5) is 10.6 Å². The summed E-state index contributed by atoms with van der Waals surface area (Å²) in [6.07, 6.45) is 5.32. The van der Waals surface area contributed by atoms with Crippen molar-refractivity contribution in [3.8, 4) is 5.75 Å². The van der Waals surface area contributed by atoms with Crippen LogP contribution >= 0.6 is 0 Å². The van der Waals surface area contributed by atoms with Gasteiger partial charge in [-0.3, -0.25) is 14.9 Å². The molecule has 0 saturated carbocycles. The quantitative estimate of drug-likeness (QED) is 0.308. The van der Waals surface area contributed by atoms with Crippen molar-refractivity contribution in [2.45, 2.75) is 59.8 Å². The van der Waals surface area contributed by atoms with Gasteiger partial charge in [0.15, 0.2) is 5.82 Å². The molecule has 8 nitrogen and oxygen atoms in total. The number of anilines is 1. The maximum atomic E-state index is 12.9. The maximum absolute atomic E-state index is 12.9. The number of fused-ring (bicyclic) bond motifs is 1. The summed E-state index contributed by atoms with van der Waals surface area (Å²) >= 11 is 0. The van der Waals surface area contributed by atoms with Gasteiger partial charge in [0.2, 0.25) is 0 Å². The number of aromatic nitrogens is 2. The summed E-state index contributed by atoms with van der Waals surface area (Å²) in [5.41, 5.74) is 3.90. The minimum absolute atomic E-state index is 0.191. The zero-order valence-electron chi connectivity index (χ0n) is 21.9. The van der Waals surface area contributed by atoms with Crippen LogP contribution in [0.2, 0.25) is 0 Å². The standard InChI is InChI=1S/C28H35N5O3/c1-7-18(3)26(21-17-29-13-11-22(21)30-8-2)35-20-9-10-23-19(15-20)12-14-33(23)27(34)31-25-16-24(36-32-25)28(4,5)6/h8-10,12,14-16,29H,7,11,13,17H2,1-6H3,(H,31,32,34)/b26-18+,30-8-. The van der Waals surface area contributed by atoms with Gasteiger partial charge in [-0.25, -0.2) is 4.79 Å². The minimum atomic E-state index is -0.310. The number of amides is 1. The molecule has 1 aliphatic heterocycles. The molecule has 0 radical (unpaired) electrons. The third kappa shape index (κ3) is 5.44. The second-order valence-electron chi connectivity index (χ2n) is 9.97. The van der Waals surface area contributed by atoms with E-state index < -0.39 is 0 Å². The van der Waals surface area contributed by atoms with Crippen molar-refractivity contribution >= 4 is 29.0 Å². The fraction of sp³-hybridized carbons (Fsp3) is 0.393. The molecular formula is C28H35N5O3. The first-order valence-corrected chi connectivity index (χ1v) is 12.4. The van der Waals surface area contributed by atoms with E-state index in [0.29, 0.717) is 17.3 Å². The van der Waals surface area contributed by atoms with Gasteiger partial charge in [-0.1, -0.05) is 32.9 Å². The monoisotopic (exact) mass is 489 g/mol. The Balaban J connectivity index is 1.59. The van der Waals surface area contributed by atoms with Gasteiger partial charge in [-0.15, -0.1) is 0 Å². The van der Waals surface area contributed by atoms with Crippen molar-refractivity contribution in [2.75, 3.05) is 18.4 Å². The summed E-state index contributed by atoms with van der Waals surface area (Å²) in [5, 5.41) is 11.1. The highest BCUT2D eigenvalue weighted by Gasteiger charge is 2.22. The van der Waals surface area contributed by atoms with Gasteiger partial charge >= 0.3 is 6.03 Å². The zero-order chi connectivity index (χ0) is 25.9. The highest BCUT2D eigenvalue weighted by molar-refractivity contribution is 5.98. The molecule has 1 amide bonds. The number of ether oxygens (including phenoxy) is 1. The van der Waals surface area contributed by atoms with Crippen LogP contribution in [0.5, 0.6) is 5.75 Å². The van der Waals surface area contributed by atoms with Crippen LogP contribution in [0.1, 0.15) is 60.1 Å². The lowest BCUT2D eigenvalue weighted by atomic mass is 9.93. The first-order valence-electron chi connectivity index (χ1n) is 12.4. The number of carbonyl (C=O) groups is 1. The van der Waals surface area contributed by atoms with Crippen molar-refractivity contribution in [1.29, 1.82) is 0 Å². The maximum Gasteiger partial charge on any atom is 0.331 e. The molecular weight excluding hydrogens is 454 g/mol. The summed E-state index contributed by atoms with van der Waals surface area (Å²) in [4.78, 5) is 17.6. The van der Waals surface area contributed by atoms with Gasteiger partial charge in [0, 0.05) is 60.1 Å². The molecule has 36 heavy (non-hydrogen) atoms. The average Bonchev–Trinajstić information content (AvgIpc) is 3.50. The van der Waals surface area contributed by atoms with Gasteiger partial charge in [0.25, 0.3) is 0 Å². The SMILES string of the molecule is C/C=N\C1=C(C(/Oc2ccc3c(ccn3C(=O)Nc3cc(C(C)(C)C)on3)c2)=C(/C)CC)CNCC1. The van der Waals surface area contributed by atoms with Gasteiger partial charge in [0.05, 0.1) is 5.52 Å². The van der Waals surface area contributed by atoms with Gasteiger partial charge in [-0.2, -0.15) is 0 Å². The third-order valence-electron chi connectivity index (χ3n) is 6.25. The van der Waals surface area contributed by atoms with Crippen LogP contribution in [0.15, 0.2) is 68.6 Å². The van der Waals surface area contributed by atoms with E-state index in [1.807, 2.05) is 58.2 Å². The highest BCUT2D eigenvalue weighted by atomic mass is 16.5. The van der Waals surface area contributed by atoms with Crippen LogP contribution in [0.25, 0.3) is 10.9 Å². The first kappa shape index (κ1) is 25.4. The zero-order valence-corrected chi connectivity index (χ0v) is 21.9. The molecule has 2 N–H and O–H groups in total. The van der Waals surface area contributed by atoms with E-state index in [4.69, 9.17) is 9.26 Å². The smallest absolute Gasteiger partial charge is 0.331 e. The number of nitrogens with one attached hydrogen (secondary N) is 2. The number of allylic oxidation sites excluding steroid dienone is 1. The van der Waals surface area contributed by atoms with E-state index in [1.54, 1.807) is 16.8 Å². The fourth-order valence-corrected chi connectivity index (χ4v) is 4.09. The first-order chi connectivity index (χ1) is 17.2. The Morgan fingerprint density at radius 3 is 2.81 bits per heavy atom. The molecule has 1 aliphatic rings. The Labute approximate surface area is 212 Å². The molecule has 3 heterocycles. The summed E-state index contributed by atoms with van der Waals surface area (Å²) in [5.74, 6) is 2.67. The van der Waals surface area contributed by atoms with Gasteiger partial charge in [-0.05, 0) is 50.1 Å². The molecule has 0 aliphatic carbocycles. The summed E-state index contributed by atoms with van der Waals surface area (Å²) in [6.45, 7) is 13.9. The Hall–Kier alpha value is -3.65. The molecule has 3 aromatic rings. The van der Waals surface area contributed by atoms with Crippen molar-refractivity contribution < 1.29 is 14.1 Å². The second kappa shape index (κ2) is 10.5. The molecule has 2 aromatic heterocycles. The lowest BCUT2D eigenvalue weighted by Gasteiger charge is -2.23. The molecule has 4 rings (SSSR count). The van der Waals surface area contributed by atoms with Gasteiger partial charge in [0.1, 0.15) is 17.3 Å². The number of benzene rings is 1. The summed E-state index contributed by atoms with van der Waals surface area (Å²) < 4.78 is 13.4. The van der Waals surface area contributed by atoms with Crippen molar-refractivity contribution in [2.24, 2.45) is 4.99 Å². The number of hydrogen-bond donors (Lipinski definition) is 2. The lowest BCUT2D eigenvalue weighted by Crippen LogP contribution is -2.27. The van der Waals surface area contributed by atoms with Crippen LogP contribution in [0, 0.1) is 0 Å². The average molecular weight is 490 g/mol. The van der Waals surface area contributed by atoms with Crippen LogP contribution in [0.3, 0.4) is 0 Å². The van der Waals surface area contributed by atoms with E-state index in [2.05, 4.69) is 34.6 Å². The number of carbonyl (C=O) groups excluding carboxylic acids is 1. The number of aliphatic imine (C=N–C) groups is 1.